The normalized spacial score (nSPS) is 15.8. The second kappa shape index (κ2) is 10.8. The molecule has 1 atom stereocenters. The Balaban J connectivity index is 1.82. The van der Waals surface area contributed by atoms with E-state index in [1.165, 1.54) is 43.6 Å². The van der Waals surface area contributed by atoms with E-state index in [9.17, 15) is 22.4 Å². The fraction of sp³-hybridized carbons (Fsp3) is 0.222. The molecule has 0 spiro atoms. The molecule has 1 aromatic carbocycles. The number of sulfonamides is 1. The molecule has 0 radical (unpaired) electrons. The van der Waals surface area contributed by atoms with Crippen molar-refractivity contribution in [2.24, 2.45) is 0 Å². The van der Waals surface area contributed by atoms with Gasteiger partial charge in [-0.05, 0) is 44.3 Å². The van der Waals surface area contributed by atoms with Gasteiger partial charge in [0, 0.05) is 37.4 Å². The number of carbonyl (C=O) groups excluding carboxylic acids is 1. The predicted octanol–water partition coefficient (Wildman–Crippen LogP) is 2.25. The summed E-state index contributed by atoms with van der Waals surface area (Å²) in [7, 11) is -2.88. The molecule has 1 amide bonds. The SMILES string of the molecule is C=CC(=O)N1CCN(c2nc(=O)n(-c3cnccc3S(=O)(=O)NC)c3nc(-c4ccccc4F)c(F)cc23)[C@@H](C)C1. The van der Waals surface area contributed by atoms with E-state index >= 15 is 4.39 Å². The van der Waals surface area contributed by atoms with E-state index in [-0.39, 0.29) is 70.3 Å². The summed E-state index contributed by atoms with van der Waals surface area (Å²) in [6.07, 6.45) is 3.61. The first-order valence-corrected chi connectivity index (χ1v) is 14.0. The Morgan fingerprint density at radius 2 is 1.90 bits per heavy atom. The van der Waals surface area contributed by atoms with Gasteiger partial charge in [-0.2, -0.15) is 4.98 Å². The molecule has 14 heteroatoms. The molecule has 4 aromatic rings. The molecule has 212 valence electrons. The van der Waals surface area contributed by atoms with E-state index in [0.717, 1.165) is 22.9 Å². The number of halogens is 2. The molecule has 1 saturated heterocycles. The second-order valence-corrected chi connectivity index (χ2v) is 11.2. The number of hydrogen-bond acceptors (Lipinski definition) is 8. The Morgan fingerprint density at radius 1 is 1.15 bits per heavy atom. The molecule has 5 rings (SSSR count). The zero-order valence-electron chi connectivity index (χ0n) is 22.1. The van der Waals surface area contributed by atoms with Crippen LogP contribution in [0.5, 0.6) is 0 Å². The van der Waals surface area contributed by atoms with Gasteiger partial charge in [0.15, 0.2) is 5.65 Å². The van der Waals surface area contributed by atoms with Crippen molar-refractivity contribution in [1.82, 2.24) is 29.1 Å². The van der Waals surface area contributed by atoms with Crippen molar-refractivity contribution < 1.29 is 22.0 Å². The molecule has 1 fully saturated rings. The van der Waals surface area contributed by atoms with Crippen LogP contribution < -0.4 is 15.3 Å². The number of nitrogens with zero attached hydrogens (tertiary/aromatic N) is 6. The van der Waals surface area contributed by atoms with E-state index in [1.54, 1.807) is 9.80 Å². The van der Waals surface area contributed by atoms with Gasteiger partial charge in [-0.1, -0.05) is 18.7 Å². The van der Waals surface area contributed by atoms with Crippen LogP contribution >= 0.6 is 0 Å². The molecule has 1 aliphatic rings. The summed E-state index contributed by atoms with van der Waals surface area (Å²) in [6.45, 7) is 6.17. The number of rotatable bonds is 6. The van der Waals surface area contributed by atoms with Crippen LogP contribution in [0.15, 0.2) is 71.1 Å². The highest BCUT2D eigenvalue weighted by molar-refractivity contribution is 7.89. The highest BCUT2D eigenvalue weighted by atomic mass is 32.2. The van der Waals surface area contributed by atoms with Crippen molar-refractivity contribution in [1.29, 1.82) is 0 Å². The first kappa shape index (κ1) is 28.0. The number of piperazine rings is 1. The summed E-state index contributed by atoms with van der Waals surface area (Å²) in [4.78, 5) is 41.5. The minimum Gasteiger partial charge on any atom is -0.350 e. The quantitative estimate of drug-likeness (QED) is 0.343. The van der Waals surface area contributed by atoms with Crippen LogP contribution in [0.2, 0.25) is 0 Å². The fourth-order valence-electron chi connectivity index (χ4n) is 4.86. The van der Waals surface area contributed by atoms with Crippen molar-refractivity contribution in [2.45, 2.75) is 17.9 Å². The van der Waals surface area contributed by atoms with Crippen molar-refractivity contribution >= 4 is 32.8 Å². The largest absolute Gasteiger partial charge is 0.355 e. The van der Waals surface area contributed by atoms with Gasteiger partial charge in [-0.3, -0.25) is 9.78 Å². The lowest BCUT2D eigenvalue weighted by Crippen LogP contribution is -2.54. The van der Waals surface area contributed by atoms with E-state index in [0.29, 0.717) is 0 Å². The van der Waals surface area contributed by atoms with Crippen LogP contribution in [-0.2, 0) is 14.8 Å². The van der Waals surface area contributed by atoms with Gasteiger partial charge in [0.25, 0.3) is 0 Å². The summed E-state index contributed by atoms with van der Waals surface area (Å²) >= 11 is 0. The second-order valence-electron chi connectivity index (χ2n) is 9.30. The van der Waals surface area contributed by atoms with Gasteiger partial charge < -0.3 is 9.80 Å². The topological polar surface area (TPSA) is 130 Å². The van der Waals surface area contributed by atoms with Crippen LogP contribution in [0.1, 0.15) is 6.92 Å². The fourth-order valence-corrected chi connectivity index (χ4v) is 5.74. The molecule has 0 aliphatic carbocycles. The smallest absolute Gasteiger partial charge is 0.350 e. The van der Waals surface area contributed by atoms with Gasteiger partial charge >= 0.3 is 5.69 Å². The number of anilines is 1. The Bertz CT molecular complexity index is 1860. The number of nitrogens with one attached hydrogen (secondary N) is 1. The third kappa shape index (κ3) is 4.95. The number of benzene rings is 1. The Morgan fingerprint density at radius 3 is 2.59 bits per heavy atom. The van der Waals surface area contributed by atoms with Crippen molar-refractivity contribution in [3.05, 3.63) is 83.6 Å². The third-order valence-corrected chi connectivity index (χ3v) is 8.34. The Kier molecular flexibility index (Phi) is 7.36. The van der Waals surface area contributed by atoms with Gasteiger partial charge in [0.2, 0.25) is 15.9 Å². The van der Waals surface area contributed by atoms with Gasteiger partial charge in [-0.25, -0.2) is 36.3 Å². The maximum Gasteiger partial charge on any atom is 0.355 e. The van der Waals surface area contributed by atoms with Crippen LogP contribution in [0.25, 0.3) is 28.0 Å². The zero-order valence-corrected chi connectivity index (χ0v) is 22.9. The number of hydrogen-bond donors (Lipinski definition) is 1. The molecule has 0 unspecified atom stereocenters. The molecule has 3 aromatic heterocycles. The molecule has 11 nitrogen and oxygen atoms in total. The maximum atomic E-state index is 15.7. The summed E-state index contributed by atoms with van der Waals surface area (Å²) in [5.74, 6) is -1.77. The third-order valence-electron chi connectivity index (χ3n) is 6.88. The standard InChI is InChI=1S/C27H25F2N7O4S/c1-4-23(37)34-11-12-35(16(2)15-34)25-18-13-20(29)24(17-7-5-6-8-19(17)28)32-26(18)36(27(38)33-25)21-14-31-10-9-22(21)41(39,40)30-3/h4-10,13-14,16,30H,1,11-12,15H2,2-3H3/t16-/m0/s1. The predicted molar refractivity (Wildman–Crippen MR) is 148 cm³/mol. The van der Waals surface area contributed by atoms with E-state index in [4.69, 9.17) is 0 Å². The number of fused-ring (bicyclic) bond motifs is 1. The Hall–Kier alpha value is -4.56. The Labute approximate surface area is 233 Å². The molecule has 4 heterocycles. The lowest BCUT2D eigenvalue weighted by molar-refractivity contribution is -0.126. The molecule has 1 aliphatic heterocycles. The highest BCUT2D eigenvalue weighted by Gasteiger charge is 2.31. The monoisotopic (exact) mass is 581 g/mol. The molecule has 0 bridgehead atoms. The van der Waals surface area contributed by atoms with Gasteiger partial charge in [0.05, 0.1) is 17.3 Å². The minimum atomic E-state index is -4.09. The summed E-state index contributed by atoms with van der Waals surface area (Å²) in [5.41, 5.74) is -1.77. The first-order chi connectivity index (χ1) is 19.6. The first-order valence-electron chi connectivity index (χ1n) is 12.5. The van der Waals surface area contributed by atoms with Crippen molar-refractivity contribution in [3.63, 3.8) is 0 Å². The summed E-state index contributed by atoms with van der Waals surface area (Å²) in [5, 5.41) is 0.0780. The minimum absolute atomic E-state index is 0.0780. The molecule has 41 heavy (non-hydrogen) atoms. The van der Waals surface area contributed by atoms with E-state index in [1.807, 2.05) is 6.92 Å². The lowest BCUT2D eigenvalue weighted by Gasteiger charge is -2.40. The number of carbonyl (C=O) groups is 1. The average molecular weight is 582 g/mol. The van der Waals surface area contributed by atoms with Gasteiger partial charge in [0.1, 0.15) is 28.0 Å². The lowest BCUT2D eigenvalue weighted by atomic mass is 10.1. The zero-order chi connectivity index (χ0) is 29.5. The van der Waals surface area contributed by atoms with Crippen LogP contribution in [0.3, 0.4) is 0 Å². The molecular weight excluding hydrogens is 556 g/mol. The maximum absolute atomic E-state index is 15.7. The van der Waals surface area contributed by atoms with Crippen LogP contribution in [0.4, 0.5) is 14.6 Å². The van der Waals surface area contributed by atoms with Crippen molar-refractivity contribution in [2.75, 3.05) is 31.6 Å². The van der Waals surface area contributed by atoms with Gasteiger partial charge in [-0.15, -0.1) is 0 Å². The molecular formula is C27H25F2N7O4S. The van der Waals surface area contributed by atoms with E-state index < -0.39 is 27.3 Å². The summed E-state index contributed by atoms with van der Waals surface area (Å²) in [6, 6.07) is 7.40. The average Bonchev–Trinajstić information content (AvgIpc) is 2.97. The van der Waals surface area contributed by atoms with Crippen LogP contribution in [0, 0.1) is 11.6 Å². The highest BCUT2D eigenvalue weighted by Crippen LogP contribution is 2.33. The number of amides is 1. The van der Waals surface area contributed by atoms with Crippen molar-refractivity contribution in [3.8, 4) is 16.9 Å². The summed E-state index contributed by atoms with van der Waals surface area (Å²) < 4.78 is 59.2. The van der Waals surface area contributed by atoms with Crippen LogP contribution in [-0.4, -0.2) is 71.5 Å². The molecule has 1 N–H and O–H groups in total. The number of pyridine rings is 2. The number of aromatic nitrogens is 4. The molecule has 0 saturated carbocycles. The van der Waals surface area contributed by atoms with E-state index in [2.05, 4.69) is 26.3 Å².